The van der Waals surface area contributed by atoms with E-state index in [0.717, 1.165) is 24.4 Å². The Bertz CT molecular complexity index is 416. The first-order valence-corrected chi connectivity index (χ1v) is 7.32. The number of hydrogen-bond donors (Lipinski definition) is 2. The smallest absolute Gasteiger partial charge is 0.253 e. The quantitative estimate of drug-likeness (QED) is 0.630. The van der Waals surface area contributed by atoms with Gasteiger partial charge >= 0.3 is 0 Å². The Balaban J connectivity index is 1.77. The summed E-state index contributed by atoms with van der Waals surface area (Å²) in [7, 11) is 0. The zero-order chi connectivity index (χ0) is 13.7. The fourth-order valence-corrected chi connectivity index (χ4v) is 2.98. The Morgan fingerprint density at radius 3 is 2.79 bits per heavy atom. The molecule has 104 valence electrons. The number of hydrogen-bond acceptors (Lipinski definition) is 2. The van der Waals surface area contributed by atoms with Crippen LogP contribution in [0.1, 0.15) is 54.4 Å². The molecule has 3 heteroatoms. The number of carbonyl (C=O) groups excluding carboxylic acids is 1. The molecule has 2 rings (SSSR count). The summed E-state index contributed by atoms with van der Waals surface area (Å²) >= 11 is 0. The molecule has 0 saturated heterocycles. The van der Waals surface area contributed by atoms with Crippen LogP contribution in [0.3, 0.4) is 0 Å². The zero-order valence-corrected chi connectivity index (χ0v) is 11.7. The van der Waals surface area contributed by atoms with Gasteiger partial charge in [0.2, 0.25) is 0 Å². The fourth-order valence-electron chi connectivity index (χ4n) is 2.98. The van der Waals surface area contributed by atoms with E-state index >= 15 is 0 Å². The molecule has 1 amide bonds. The number of benzene rings is 1. The molecule has 1 aliphatic rings. The van der Waals surface area contributed by atoms with E-state index in [1.807, 2.05) is 19.1 Å². The predicted molar refractivity (Wildman–Crippen MR) is 79.1 cm³/mol. The molecule has 0 atom stereocenters. The maximum Gasteiger partial charge on any atom is 0.253 e. The third kappa shape index (κ3) is 3.72. The Kier molecular flexibility index (Phi) is 4.83. The van der Waals surface area contributed by atoms with Gasteiger partial charge in [-0.2, -0.15) is 0 Å². The van der Waals surface area contributed by atoms with E-state index < -0.39 is 0 Å². The van der Waals surface area contributed by atoms with Gasteiger partial charge in [-0.1, -0.05) is 37.8 Å². The first kappa shape index (κ1) is 13.9. The van der Waals surface area contributed by atoms with Crippen LogP contribution in [0.5, 0.6) is 0 Å². The van der Waals surface area contributed by atoms with Crippen LogP contribution in [-0.4, -0.2) is 12.5 Å². The molecular weight excluding hydrogens is 236 g/mol. The molecule has 0 heterocycles. The molecular formula is C16H24N2O. The molecule has 0 aliphatic heterocycles. The molecule has 0 unspecified atom stereocenters. The van der Waals surface area contributed by atoms with Gasteiger partial charge in [0.15, 0.2) is 0 Å². The van der Waals surface area contributed by atoms with Crippen molar-refractivity contribution < 1.29 is 4.79 Å². The standard InChI is InChI=1S/C16H24N2O/c1-12-6-4-10-14(17)15(12)16(19)18-11-5-9-13-7-2-3-8-13/h4,6,10,13H,2-3,5,7-9,11,17H2,1H3,(H,18,19). The molecule has 1 fully saturated rings. The summed E-state index contributed by atoms with van der Waals surface area (Å²) in [6.07, 6.45) is 7.83. The lowest BCUT2D eigenvalue weighted by molar-refractivity contribution is 0.0952. The van der Waals surface area contributed by atoms with Crippen molar-refractivity contribution in [2.75, 3.05) is 12.3 Å². The Labute approximate surface area is 115 Å². The van der Waals surface area contributed by atoms with E-state index in [9.17, 15) is 4.79 Å². The van der Waals surface area contributed by atoms with Gasteiger partial charge in [-0.05, 0) is 37.3 Å². The molecule has 3 nitrogen and oxygen atoms in total. The summed E-state index contributed by atoms with van der Waals surface area (Å²) < 4.78 is 0. The lowest BCUT2D eigenvalue weighted by atomic mass is 10.0. The van der Waals surface area contributed by atoms with Crippen LogP contribution in [0, 0.1) is 12.8 Å². The van der Waals surface area contributed by atoms with Crippen LogP contribution in [0.2, 0.25) is 0 Å². The molecule has 1 aromatic carbocycles. The molecule has 1 aliphatic carbocycles. The van der Waals surface area contributed by atoms with Crippen molar-refractivity contribution in [1.82, 2.24) is 5.32 Å². The van der Waals surface area contributed by atoms with Gasteiger partial charge in [0.05, 0.1) is 5.56 Å². The van der Waals surface area contributed by atoms with E-state index in [2.05, 4.69) is 5.32 Å². The molecule has 0 aromatic heterocycles. The second-order valence-corrected chi connectivity index (χ2v) is 5.59. The van der Waals surface area contributed by atoms with Crippen molar-refractivity contribution in [3.63, 3.8) is 0 Å². The van der Waals surface area contributed by atoms with E-state index in [1.54, 1.807) is 6.07 Å². The lowest BCUT2D eigenvalue weighted by Gasteiger charge is -2.11. The van der Waals surface area contributed by atoms with Gasteiger partial charge in [-0.25, -0.2) is 0 Å². The highest BCUT2D eigenvalue weighted by Gasteiger charge is 2.15. The first-order chi connectivity index (χ1) is 9.18. The largest absolute Gasteiger partial charge is 0.398 e. The van der Waals surface area contributed by atoms with Crippen LogP contribution in [0.4, 0.5) is 5.69 Å². The summed E-state index contributed by atoms with van der Waals surface area (Å²) in [5.74, 6) is 0.849. The summed E-state index contributed by atoms with van der Waals surface area (Å²) in [5, 5.41) is 2.99. The number of aryl methyl sites for hydroxylation is 1. The van der Waals surface area contributed by atoms with Crippen molar-refractivity contribution >= 4 is 11.6 Å². The van der Waals surface area contributed by atoms with Crippen LogP contribution < -0.4 is 11.1 Å². The number of nitrogens with one attached hydrogen (secondary N) is 1. The first-order valence-electron chi connectivity index (χ1n) is 7.32. The second kappa shape index (κ2) is 6.60. The van der Waals surface area contributed by atoms with Gasteiger partial charge in [0.25, 0.3) is 5.91 Å². The molecule has 0 spiro atoms. The van der Waals surface area contributed by atoms with Crippen molar-refractivity contribution in [2.45, 2.75) is 45.4 Å². The molecule has 3 N–H and O–H groups in total. The fraction of sp³-hybridized carbons (Fsp3) is 0.562. The van der Waals surface area contributed by atoms with E-state index in [0.29, 0.717) is 11.3 Å². The van der Waals surface area contributed by atoms with E-state index in [-0.39, 0.29) is 5.91 Å². The zero-order valence-electron chi connectivity index (χ0n) is 11.7. The van der Waals surface area contributed by atoms with Gasteiger partial charge in [-0.15, -0.1) is 0 Å². The van der Waals surface area contributed by atoms with Crippen LogP contribution in [-0.2, 0) is 0 Å². The van der Waals surface area contributed by atoms with Crippen LogP contribution in [0.25, 0.3) is 0 Å². The Hall–Kier alpha value is -1.51. The average molecular weight is 260 g/mol. The topological polar surface area (TPSA) is 55.1 Å². The summed E-state index contributed by atoms with van der Waals surface area (Å²) in [6, 6.07) is 5.58. The Morgan fingerprint density at radius 1 is 1.37 bits per heavy atom. The number of rotatable bonds is 5. The van der Waals surface area contributed by atoms with Crippen molar-refractivity contribution in [1.29, 1.82) is 0 Å². The van der Waals surface area contributed by atoms with E-state index in [4.69, 9.17) is 5.73 Å². The number of amides is 1. The lowest BCUT2D eigenvalue weighted by Crippen LogP contribution is -2.26. The number of nitrogen functional groups attached to an aromatic ring is 1. The molecule has 1 saturated carbocycles. The third-order valence-corrected chi connectivity index (χ3v) is 4.08. The SMILES string of the molecule is Cc1cccc(N)c1C(=O)NCCCC1CCCC1. The highest BCUT2D eigenvalue weighted by Crippen LogP contribution is 2.28. The summed E-state index contributed by atoms with van der Waals surface area (Å²) in [4.78, 5) is 12.1. The maximum atomic E-state index is 12.1. The second-order valence-electron chi connectivity index (χ2n) is 5.59. The number of anilines is 1. The maximum absolute atomic E-state index is 12.1. The summed E-state index contributed by atoms with van der Waals surface area (Å²) in [5.41, 5.74) is 7.99. The van der Waals surface area contributed by atoms with Gasteiger partial charge in [0, 0.05) is 12.2 Å². The van der Waals surface area contributed by atoms with E-state index in [1.165, 1.54) is 32.1 Å². The molecule has 1 aromatic rings. The van der Waals surface area contributed by atoms with Gasteiger partial charge in [0.1, 0.15) is 0 Å². The van der Waals surface area contributed by atoms with Crippen molar-refractivity contribution in [2.24, 2.45) is 5.92 Å². The number of carbonyl (C=O) groups is 1. The minimum Gasteiger partial charge on any atom is -0.398 e. The molecule has 0 radical (unpaired) electrons. The monoisotopic (exact) mass is 260 g/mol. The highest BCUT2D eigenvalue weighted by atomic mass is 16.1. The van der Waals surface area contributed by atoms with Crippen molar-refractivity contribution in [3.05, 3.63) is 29.3 Å². The normalized spacial score (nSPS) is 15.6. The minimum atomic E-state index is -0.0398. The molecule has 19 heavy (non-hydrogen) atoms. The predicted octanol–water partition coefficient (Wildman–Crippen LogP) is 3.28. The van der Waals surface area contributed by atoms with Gasteiger partial charge < -0.3 is 11.1 Å². The highest BCUT2D eigenvalue weighted by molar-refractivity contribution is 6.00. The van der Waals surface area contributed by atoms with Gasteiger partial charge in [-0.3, -0.25) is 4.79 Å². The minimum absolute atomic E-state index is 0.0398. The van der Waals surface area contributed by atoms with Crippen LogP contribution >= 0.6 is 0 Å². The molecule has 0 bridgehead atoms. The van der Waals surface area contributed by atoms with Crippen LogP contribution in [0.15, 0.2) is 18.2 Å². The Morgan fingerprint density at radius 2 is 2.11 bits per heavy atom. The third-order valence-electron chi connectivity index (χ3n) is 4.08. The van der Waals surface area contributed by atoms with Crippen molar-refractivity contribution in [3.8, 4) is 0 Å². The average Bonchev–Trinajstić information content (AvgIpc) is 2.87. The number of nitrogens with two attached hydrogens (primary N) is 1. The summed E-state index contributed by atoms with van der Waals surface area (Å²) in [6.45, 7) is 2.67.